The maximum atomic E-state index is 8.99. The molecule has 1 atom stereocenters. The molecule has 0 saturated heterocycles. The van der Waals surface area contributed by atoms with Crippen molar-refractivity contribution in [2.75, 3.05) is 37.4 Å². The number of aliphatic hydroxyl groups is 1. The second-order valence-electron chi connectivity index (χ2n) is 4.53. The van der Waals surface area contributed by atoms with Gasteiger partial charge in [0, 0.05) is 20.2 Å². The molecule has 20 heavy (non-hydrogen) atoms. The minimum absolute atomic E-state index is 0.198. The van der Waals surface area contributed by atoms with Crippen LogP contribution < -0.4 is 15.4 Å². The maximum Gasteiger partial charge on any atom is 0.323 e. The number of nitrogens with one attached hydrogen (secondary N) is 2. The molecule has 114 valence electrons. The van der Waals surface area contributed by atoms with Crippen molar-refractivity contribution in [1.29, 1.82) is 0 Å². The van der Waals surface area contributed by atoms with Gasteiger partial charge in [-0.2, -0.15) is 15.0 Å². The van der Waals surface area contributed by atoms with Crippen molar-refractivity contribution in [3.8, 4) is 6.01 Å². The van der Waals surface area contributed by atoms with Crippen molar-refractivity contribution in [3.63, 3.8) is 0 Å². The Morgan fingerprint density at radius 3 is 2.55 bits per heavy atom. The highest BCUT2D eigenvalue weighted by atomic mass is 16.5. The van der Waals surface area contributed by atoms with Crippen molar-refractivity contribution < 1.29 is 9.84 Å². The van der Waals surface area contributed by atoms with E-state index in [9.17, 15) is 0 Å². The van der Waals surface area contributed by atoms with E-state index >= 15 is 0 Å². The summed E-state index contributed by atoms with van der Waals surface area (Å²) < 4.78 is 5.44. The van der Waals surface area contributed by atoms with Crippen LogP contribution in [0.1, 0.15) is 33.1 Å². The Balaban J connectivity index is 2.67. The first kappa shape index (κ1) is 16.4. The minimum Gasteiger partial charge on any atom is -0.463 e. The molecule has 1 unspecified atom stereocenters. The van der Waals surface area contributed by atoms with Gasteiger partial charge in [-0.1, -0.05) is 20.3 Å². The third-order valence-electron chi connectivity index (χ3n) is 2.94. The molecular formula is C13H25N5O2. The molecule has 1 aromatic rings. The minimum atomic E-state index is 0.198. The standard InChI is InChI=1S/C13H25N5O2/c1-4-8-20-13-17-11(14-3)16-12(18-13)15-9-10(5-2)6-7-19/h10,19H,4-9H2,1-3H3,(H2,14,15,16,17,18). The highest BCUT2D eigenvalue weighted by Gasteiger charge is 2.09. The van der Waals surface area contributed by atoms with E-state index in [2.05, 4.69) is 32.5 Å². The average Bonchev–Trinajstić information content (AvgIpc) is 2.49. The van der Waals surface area contributed by atoms with Crippen LogP contribution in [0.25, 0.3) is 0 Å². The Hall–Kier alpha value is -1.63. The third kappa shape index (κ3) is 5.56. The van der Waals surface area contributed by atoms with Crippen LogP contribution >= 0.6 is 0 Å². The number of aromatic nitrogens is 3. The first-order chi connectivity index (χ1) is 9.73. The smallest absolute Gasteiger partial charge is 0.323 e. The topological polar surface area (TPSA) is 92.2 Å². The van der Waals surface area contributed by atoms with Gasteiger partial charge in [0.25, 0.3) is 0 Å². The molecule has 1 rings (SSSR count). The molecule has 1 heterocycles. The first-order valence-corrected chi connectivity index (χ1v) is 7.14. The second-order valence-corrected chi connectivity index (χ2v) is 4.53. The molecule has 0 spiro atoms. The van der Waals surface area contributed by atoms with Crippen molar-refractivity contribution in [3.05, 3.63) is 0 Å². The molecule has 0 amide bonds. The highest BCUT2D eigenvalue weighted by Crippen LogP contribution is 2.13. The van der Waals surface area contributed by atoms with Crippen LogP contribution in [0.4, 0.5) is 11.9 Å². The molecule has 3 N–H and O–H groups in total. The summed E-state index contributed by atoms with van der Waals surface area (Å²) in [5, 5.41) is 15.1. The predicted octanol–water partition coefficient (Wildman–Crippen LogP) is 1.52. The number of anilines is 2. The van der Waals surface area contributed by atoms with Crippen LogP contribution in [0, 0.1) is 5.92 Å². The quantitative estimate of drug-likeness (QED) is 0.599. The monoisotopic (exact) mass is 283 g/mol. The Morgan fingerprint density at radius 1 is 1.20 bits per heavy atom. The molecule has 0 aliphatic rings. The van der Waals surface area contributed by atoms with Gasteiger partial charge < -0.3 is 20.5 Å². The van der Waals surface area contributed by atoms with E-state index in [1.807, 2.05) is 6.92 Å². The number of nitrogens with zero attached hydrogens (tertiary/aromatic N) is 3. The molecule has 0 fully saturated rings. The highest BCUT2D eigenvalue weighted by molar-refractivity contribution is 5.35. The van der Waals surface area contributed by atoms with E-state index in [0.717, 1.165) is 25.8 Å². The zero-order chi connectivity index (χ0) is 14.8. The number of ether oxygens (including phenoxy) is 1. The lowest BCUT2D eigenvalue weighted by Gasteiger charge is -2.15. The molecule has 0 saturated carbocycles. The van der Waals surface area contributed by atoms with Gasteiger partial charge in [-0.15, -0.1) is 0 Å². The van der Waals surface area contributed by atoms with Crippen LogP contribution in [0.3, 0.4) is 0 Å². The summed E-state index contributed by atoms with van der Waals surface area (Å²) in [7, 11) is 1.75. The number of aliphatic hydroxyl groups excluding tert-OH is 1. The van der Waals surface area contributed by atoms with Crippen molar-refractivity contribution in [1.82, 2.24) is 15.0 Å². The second kappa shape index (κ2) is 9.30. The number of hydrogen-bond donors (Lipinski definition) is 3. The van der Waals surface area contributed by atoms with Crippen LogP contribution in [0.5, 0.6) is 6.01 Å². The lowest BCUT2D eigenvalue weighted by atomic mass is 10.0. The summed E-state index contributed by atoms with van der Waals surface area (Å²) in [5.41, 5.74) is 0. The molecule has 0 aliphatic heterocycles. The Kier molecular flexibility index (Phi) is 7.64. The number of hydrogen-bond acceptors (Lipinski definition) is 7. The van der Waals surface area contributed by atoms with Gasteiger partial charge in [-0.3, -0.25) is 0 Å². The molecule has 1 aromatic heterocycles. The van der Waals surface area contributed by atoms with Crippen molar-refractivity contribution in [2.24, 2.45) is 5.92 Å². The van der Waals surface area contributed by atoms with E-state index in [0.29, 0.717) is 30.4 Å². The summed E-state index contributed by atoms with van der Waals surface area (Å²) in [6.07, 6.45) is 2.67. The van der Waals surface area contributed by atoms with Gasteiger partial charge in [0.15, 0.2) is 0 Å². The van der Waals surface area contributed by atoms with Crippen LogP contribution in [-0.4, -0.2) is 46.9 Å². The van der Waals surface area contributed by atoms with Crippen LogP contribution in [-0.2, 0) is 0 Å². The van der Waals surface area contributed by atoms with Gasteiger partial charge in [0.1, 0.15) is 0 Å². The predicted molar refractivity (Wildman–Crippen MR) is 79.1 cm³/mol. The summed E-state index contributed by atoms with van der Waals surface area (Å²) >= 11 is 0. The van der Waals surface area contributed by atoms with Gasteiger partial charge in [0.2, 0.25) is 11.9 Å². The molecule has 7 heteroatoms. The van der Waals surface area contributed by atoms with Crippen LogP contribution in [0.2, 0.25) is 0 Å². The normalized spacial score (nSPS) is 12.0. The van der Waals surface area contributed by atoms with E-state index in [-0.39, 0.29) is 6.61 Å². The van der Waals surface area contributed by atoms with Crippen LogP contribution in [0.15, 0.2) is 0 Å². The van der Waals surface area contributed by atoms with Gasteiger partial charge in [-0.05, 0) is 18.8 Å². The summed E-state index contributed by atoms with van der Waals surface area (Å²) in [6, 6.07) is 0.323. The van der Waals surface area contributed by atoms with Gasteiger partial charge in [-0.25, -0.2) is 0 Å². The largest absolute Gasteiger partial charge is 0.463 e. The van der Waals surface area contributed by atoms with Gasteiger partial charge in [0.05, 0.1) is 6.61 Å². The molecule has 0 aromatic carbocycles. The SMILES string of the molecule is CCCOc1nc(NC)nc(NCC(CC)CCO)n1. The third-order valence-corrected chi connectivity index (χ3v) is 2.94. The lowest BCUT2D eigenvalue weighted by Crippen LogP contribution is -2.17. The van der Waals surface area contributed by atoms with E-state index < -0.39 is 0 Å². The van der Waals surface area contributed by atoms with E-state index in [4.69, 9.17) is 9.84 Å². The van der Waals surface area contributed by atoms with E-state index in [1.54, 1.807) is 7.05 Å². The molecule has 0 aliphatic carbocycles. The summed E-state index contributed by atoms with van der Waals surface area (Å²) in [4.78, 5) is 12.6. The summed E-state index contributed by atoms with van der Waals surface area (Å²) in [6.45, 7) is 5.63. The van der Waals surface area contributed by atoms with Crippen molar-refractivity contribution in [2.45, 2.75) is 33.1 Å². The Morgan fingerprint density at radius 2 is 1.95 bits per heavy atom. The average molecular weight is 283 g/mol. The zero-order valence-electron chi connectivity index (χ0n) is 12.5. The lowest BCUT2D eigenvalue weighted by molar-refractivity contribution is 0.258. The number of rotatable bonds is 10. The van der Waals surface area contributed by atoms with E-state index in [1.165, 1.54) is 0 Å². The molecule has 7 nitrogen and oxygen atoms in total. The zero-order valence-corrected chi connectivity index (χ0v) is 12.5. The first-order valence-electron chi connectivity index (χ1n) is 7.14. The van der Waals surface area contributed by atoms with Gasteiger partial charge >= 0.3 is 6.01 Å². The molecule has 0 radical (unpaired) electrons. The summed E-state index contributed by atoms with van der Waals surface area (Å²) in [5.74, 6) is 1.37. The Labute approximate surface area is 120 Å². The fraction of sp³-hybridized carbons (Fsp3) is 0.769. The fourth-order valence-corrected chi connectivity index (χ4v) is 1.67. The maximum absolute atomic E-state index is 8.99. The molecular weight excluding hydrogens is 258 g/mol. The molecule has 0 bridgehead atoms. The Bertz CT molecular complexity index is 389. The fourth-order valence-electron chi connectivity index (χ4n) is 1.67. The van der Waals surface area contributed by atoms with Crippen molar-refractivity contribution >= 4 is 11.9 Å².